The van der Waals surface area contributed by atoms with Crippen LogP contribution in [0, 0.1) is 0 Å². The first-order chi connectivity index (χ1) is 13.6. The van der Waals surface area contributed by atoms with E-state index in [1.807, 2.05) is 12.1 Å². The van der Waals surface area contributed by atoms with Gasteiger partial charge in [-0.1, -0.05) is 5.16 Å². The van der Waals surface area contributed by atoms with E-state index in [-0.39, 0.29) is 30.4 Å². The highest BCUT2D eigenvalue weighted by molar-refractivity contribution is 5.78. The van der Waals surface area contributed by atoms with E-state index in [0.29, 0.717) is 38.4 Å². The molecule has 1 aliphatic rings. The third-order valence-corrected chi connectivity index (χ3v) is 4.51. The molecule has 1 fully saturated rings. The number of piperidine rings is 1. The van der Waals surface area contributed by atoms with Gasteiger partial charge in [-0.25, -0.2) is 4.79 Å². The highest BCUT2D eigenvalue weighted by Crippen LogP contribution is 2.20. The van der Waals surface area contributed by atoms with Gasteiger partial charge in [0.1, 0.15) is 12.2 Å². The number of aromatic nitrogens is 2. The van der Waals surface area contributed by atoms with Crippen LogP contribution in [0.2, 0.25) is 0 Å². The third kappa shape index (κ3) is 4.99. The Bertz CT molecular complexity index is 797. The van der Waals surface area contributed by atoms with E-state index in [4.69, 9.17) is 14.0 Å². The van der Waals surface area contributed by atoms with Crippen molar-refractivity contribution in [2.75, 3.05) is 26.8 Å². The second kappa shape index (κ2) is 9.20. The fourth-order valence-electron chi connectivity index (χ4n) is 3.02. The summed E-state index contributed by atoms with van der Waals surface area (Å²) in [6.07, 6.45) is 1.09. The van der Waals surface area contributed by atoms with Gasteiger partial charge in [-0.2, -0.15) is 4.98 Å². The van der Waals surface area contributed by atoms with Crippen molar-refractivity contribution in [1.82, 2.24) is 20.4 Å². The number of ether oxygens (including phenoxy) is 2. The molecule has 28 heavy (non-hydrogen) atoms. The fourth-order valence-corrected chi connectivity index (χ4v) is 3.02. The predicted octanol–water partition coefficient (Wildman–Crippen LogP) is 2.02. The molecular formula is C19H24N4O5. The van der Waals surface area contributed by atoms with Crippen LogP contribution in [0.15, 0.2) is 28.8 Å². The predicted molar refractivity (Wildman–Crippen MR) is 99.7 cm³/mol. The van der Waals surface area contributed by atoms with Crippen LogP contribution < -0.4 is 10.1 Å². The van der Waals surface area contributed by atoms with Gasteiger partial charge in [-0.3, -0.25) is 4.79 Å². The number of carbonyl (C=O) groups excluding carboxylic acids is 2. The highest BCUT2D eigenvalue weighted by Gasteiger charge is 2.25. The minimum atomic E-state index is -0.302. The Morgan fingerprint density at radius 1 is 1.25 bits per heavy atom. The molecule has 9 nitrogen and oxygen atoms in total. The van der Waals surface area contributed by atoms with E-state index in [1.54, 1.807) is 31.1 Å². The minimum absolute atomic E-state index is 0.0151. The van der Waals surface area contributed by atoms with Crippen molar-refractivity contribution in [2.24, 2.45) is 0 Å². The summed E-state index contributed by atoms with van der Waals surface area (Å²) < 4.78 is 15.3. The number of amides is 2. The molecule has 1 aromatic heterocycles. The zero-order chi connectivity index (χ0) is 19.9. The molecular weight excluding hydrogens is 364 g/mol. The molecule has 2 aromatic rings. The van der Waals surface area contributed by atoms with Crippen molar-refractivity contribution >= 4 is 12.0 Å². The molecule has 1 N–H and O–H groups in total. The van der Waals surface area contributed by atoms with Gasteiger partial charge in [0.2, 0.25) is 17.6 Å². The average molecular weight is 388 g/mol. The van der Waals surface area contributed by atoms with Crippen molar-refractivity contribution in [3.05, 3.63) is 30.2 Å². The Kier molecular flexibility index (Phi) is 6.46. The Hall–Kier alpha value is -3.10. The van der Waals surface area contributed by atoms with Gasteiger partial charge in [-0.15, -0.1) is 0 Å². The number of hydrogen-bond donors (Lipinski definition) is 1. The first-order valence-electron chi connectivity index (χ1n) is 9.27. The average Bonchev–Trinajstić information content (AvgIpc) is 3.17. The Balaban J connectivity index is 1.48. The van der Waals surface area contributed by atoms with Crippen molar-refractivity contribution < 1.29 is 23.6 Å². The first-order valence-corrected chi connectivity index (χ1v) is 9.27. The van der Waals surface area contributed by atoms with Gasteiger partial charge < -0.3 is 24.2 Å². The summed E-state index contributed by atoms with van der Waals surface area (Å²) >= 11 is 0. The molecule has 0 unspecified atom stereocenters. The van der Waals surface area contributed by atoms with Crippen LogP contribution in [-0.4, -0.2) is 59.9 Å². The van der Waals surface area contributed by atoms with Crippen molar-refractivity contribution in [3.8, 4) is 17.1 Å². The maximum atomic E-state index is 12.3. The summed E-state index contributed by atoms with van der Waals surface area (Å²) in [5, 5.41) is 6.88. The zero-order valence-electron chi connectivity index (χ0n) is 16.0. The van der Waals surface area contributed by atoms with Crippen LogP contribution >= 0.6 is 0 Å². The molecule has 9 heteroatoms. The Morgan fingerprint density at radius 2 is 1.96 bits per heavy atom. The van der Waals surface area contributed by atoms with Crippen molar-refractivity contribution in [2.45, 2.75) is 32.2 Å². The number of rotatable bonds is 6. The molecule has 2 amide bonds. The van der Waals surface area contributed by atoms with Crippen LogP contribution in [0.3, 0.4) is 0 Å². The lowest BCUT2D eigenvalue weighted by molar-refractivity contribution is -0.121. The number of nitrogens with zero attached hydrogens (tertiary/aromatic N) is 3. The van der Waals surface area contributed by atoms with Crippen LogP contribution in [0.4, 0.5) is 4.79 Å². The molecule has 0 atom stereocenters. The third-order valence-electron chi connectivity index (χ3n) is 4.51. The maximum Gasteiger partial charge on any atom is 0.409 e. The standard InChI is InChI=1S/C19H24N4O5/c1-3-27-19(25)23-10-8-14(9-11-23)20-16(24)12-17-21-18(22-28-17)13-4-6-15(26-2)7-5-13/h4-7,14H,3,8-12H2,1-2H3,(H,20,24). The Morgan fingerprint density at radius 3 is 2.61 bits per heavy atom. The van der Waals surface area contributed by atoms with E-state index in [0.717, 1.165) is 11.3 Å². The lowest BCUT2D eigenvalue weighted by atomic mass is 10.1. The molecule has 0 bridgehead atoms. The monoisotopic (exact) mass is 388 g/mol. The second-order valence-corrected chi connectivity index (χ2v) is 6.44. The molecule has 3 rings (SSSR count). The molecule has 0 radical (unpaired) electrons. The van der Waals surface area contributed by atoms with Crippen molar-refractivity contribution in [3.63, 3.8) is 0 Å². The lowest BCUT2D eigenvalue weighted by Gasteiger charge is -2.31. The molecule has 0 aliphatic carbocycles. The van der Waals surface area contributed by atoms with Gasteiger partial charge in [0, 0.05) is 24.7 Å². The summed E-state index contributed by atoms with van der Waals surface area (Å²) in [6, 6.07) is 7.28. The molecule has 1 aromatic carbocycles. The minimum Gasteiger partial charge on any atom is -0.497 e. The first kappa shape index (κ1) is 19.7. The maximum absolute atomic E-state index is 12.3. The van der Waals surface area contributed by atoms with Gasteiger partial charge in [0.05, 0.1) is 13.7 Å². The second-order valence-electron chi connectivity index (χ2n) is 6.44. The summed E-state index contributed by atoms with van der Waals surface area (Å²) in [4.78, 5) is 29.9. The topological polar surface area (TPSA) is 107 Å². The van der Waals surface area contributed by atoms with Gasteiger partial charge in [-0.05, 0) is 44.0 Å². The van der Waals surface area contributed by atoms with E-state index < -0.39 is 0 Å². The number of nitrogens with one attached hydrogen (secondary N) is 1. The van der Waals surface area contributed by atoms with E-state index in [2.05, 4.69) is 15.5 Å². The quantitative estimate of drug-likeness (QED) is 0.807. The highest BCUT2D eigenvalue weighted by atomic mass is 16.6. The molecule has 0 spiro atoms. The van der Waals surface area contributed by atoms with Crippen molar-refractivity contribution in [1.29, 1.82) is 0 Å². The zero-order valence-corrected chi connectivity index (χ0v) is 16.0. The number of methoxy groups -OCH3 is 1. The van der Waals surface area contributed by atoms with Gasteiger partial charge in [0.25, 0.3) is 0 Å². The van der Waals surface area contributed by atoms with E-state index in [1.165, 1.54) is 0 Å². The lowest BCUT2D eigenvalue weighted by Crippen LogP contribution is -2.47. The number of likely N-dealkylation sites (tertiary alicyclic amines) is 1. The Labute approximate surface area is 163 Å². The fraction of sp³-hybridized carbons (Fsp3) is 0.474. The van der Waals surface area contributed by atoms with E-state index in [9.17, 15) is 9.59 Å². The summed E-state index contributed by atoms with van der Waals surface area (Å²) in [6.45, 7) is 3.26. The van der Waals surface area contributed by atoms with Gasteiger partial charge >= 0.3 is 6.09 Å². The molecule has 2 heterocycles. The smallest absolute Gasteiger partial charge is 0.409 e. The number of hydrogen-bond acceptors (Lipinski definition) is 7. The number of benzene rings is 1. The van der Waals surface area contributed by atoms with Crippen LogP contribution in [0.25, 0.3) is 11.4 Å². The van der Waals surface area contributed by atoms with Crippen LogP contribution in [-0.2, 0) is 16.0 Å². The molecule has 1 aliphatic heterocycles. The number of carbonyl (C=O) groups is 2. The van der Waals surface area contributed by atoms with Crippen LogP contribution in [0.5, 0.6) is 5.75 Å². The van der Waals surface area contributed by atoms with Gasteiger partial charge in [0.15, 0.2) is 0 Å². The van der Waals surface area contributed by atoms with E-state index >= 15 is 0 Å². The summed E-state index contributed by atoms with van der Waals surface area (Å²) in [5.41, 5.74) is 0.780. The molecule has 150 valence electrons. The SMILES string of the molecule is CCOC(=O)N1CCC(NC(=O)Cc2nc(-c3ccc(OC)cc3)no2)CC1. The summed E-state index contributed by atoms with van der Waals surface area (Å²) in [7, 11) is 1.60. The summed E-state index contributed by atoms with van der Waals surface area (Å²) in [5.74, 6) is 1.24. The molecule has 0 saturated carbocycles. The van der Waals surface area contributed by atoms with Crippen LogP contribution in [0.1, 0.15) is 25.7 Å². The molecule has 1 saturated heterocycles. The largest absolute Gasteiger partial charge is 0.497 e. The normalized spacial score (nSPS) is 14.6.